The number of carbonyl (C=O) groups excluding carboxylic acids is 6. The number of likely N-dealkylation sites (tertiary alicyclic amines) is 2. The number of carbonyl (C=O) groups is 7. The second kappa shape index (κ2) is 16.2. The summed E-state index contributed by atoms with van der Waals surface area (Å²) in [6.07, 6.45) is 2.33. The van der Waals surface area contributed by atoms with Crippen molar-refractivity contribution in [2.75, 3.05) is 19.6 Å². The number of primary amides is 1. The number of hydrogen-bond donors (Lipinski definition) is 6. The first-order valence-electron chi connectivity index (χ1n) is 15.0. The van der Waals surface area contributed by atoms with E-state index in [9.17, 15) is 33.6 Å². The van der Waals surface area contributed by atoms with Crippen LogP contribution in [-0.2, 0) is 33.6 Å². The van der Waals surface area contributed by atoms with Crippen LogP contribution in [0.4, 0.5) is 0 Å². The van der Waals surface area contributed by atoms with E-state index in [4.69, 9.17) is 16.6 Å². The predicted octanol–water partition coefficient (Wildman–Crippen LogP) is -1.57. The van der Waals surface area contributed by atoms with Gasteiger partial charge in [-0.05, 0) is 37.5 Å². The van der Waals surface area contributed by atoms with Crippen molar-refractivity contribution < 1.29 is 38.7 Å². The minimum Gasteiger partial charge on any atom is -0.480 e. The quantitative estimate of drug-likeness (QED) is 0.126. The highest BCUT2D eigenvalue weighted by atomic mass is 16.4. The van der Waals surface area contributed by atoms with E-state index in [-0.39, 0.29) is 30.7 Å². The molecule has 0 saturated carbocycles. The van der Waals surface area contributed by atoms with Crippen LogP contribution in [0.5, 0.6) is 0 Å². The summed E-state index contributed by atoms with van der Waals surface area (Å²) in [4.78, 5) is 91.5. The van der Waals surface area contributed by atoms with Crippen LogP contribution in [0.1, 0.15) is 72.6 Å². The molecule has 2 rings (SSSR count). The molecule has 0 bridgehead atoms. The molecule has 43 heavy (non-hydrogen) atoms. The first kappa shape index (κ1) is 35.4. The lowest BCUT2D eigenvalue weighted by Gasteiger charge is -2.32. The predicted molar refractivity (Wildman–Crippen MR) is 155 cm³/mol. The highest BCUT2D eigenvalue weighted by molar-refractivity contribution is 5.98. The Morgan fingerprint density at radius 1 is 0.837 bits per heavy atom. The average molecular weight is 610 g/mol. The third-order valence-corrected chi connectivity index (χ3v) is 8.45. The van der Waals surface area contributed by atoms with Gasteiger partial charge in [-0.3, -0.25) is 33.6 Å². The van der Waals surface area contributed by atoms with Crippen LogP contribution < -0.4 is 27.4 Å². The average Bonchev–Trinajstić information content (AvgIpc) is 3.66. The number of aliphatic carboxylic acids is 1. The smallest absolute Gasteiger partial charge is 0.322 e. The van der Waals surface area contributed by atoms with Crippen LogP contribution in [-0.4, -0.2) is 106 Å². The lowest BCUT2D eigenvalue weighted by molar-refractivity contribution is -0.145. The molecule has 8 N–H and O–H groups in total. The molecule has 2 fully saturated rings. The molecule has 2 saturated heterocycles. The summed E-state index contributed by atoms with van der Waals surface area (Å²) in [5.74, 6) is -5.45. The number of amides is 6. The zero-order chi connectivity index (χ0) is 32.4. The first-order valence-corrected chi connectivity index (χ1v) is 15.0. The van der Waals surface area contributed by atoms with Crippen molar-refractivity contribution in [3.8, 4) is 0 Å². The van der Waals surface area contributed by atoms with Crippen LogP contribution in [0.15, 0.2) is 0 Å². The van der Waals surface area contributed by atoms with Crippen LogP contribution in [0.25, 0.3) is 0 Å². The monoisotopic (exact) mass is 609 g/mol. The maximum absolute atomic E-state index is 13.7. The lowest BCUT2D eigenvalue weighted by atomic mass is 9.97. The van der Waals surface area contributed by atoms with Crippen molar-refractivity contribution in [1.82, 2.24) is 25.8 Å². The SMILES string of the molecule is CC[C@H](C)[C@H](N)C(=O)N1CCC[C@H]1C(=O)N[C@@H](CC(N)=O)C(=O)N1CCC[C@H]1C(=O)N[C@H](C(=O)NCC(=O)O)[C@@H](C)CC. The van der Waals surface area contributed by atoms with E-state index in [1.807, 2.05) is 20.8 Å². The Bertz CT molecular complexity index is 1070. The zero-order valence-corrected chi connectivity index (χ0v) is 25.5. The lowest BCUT2D eigenvalue weighted by Crippen LogP contribution is -2.59. The third-order valence-electron chi connectivity index (χ3n) is 8.45. The van der Waals surface area contributed by atoms with Gasteiger partial charge in [0.15, 0.2) is 0 Å². The molecule has 0 aliphatic carbocycles. The summed E-state index contributed by atoms with van der Waals surface area (Å²) in [6.45, 7) is 7.20. The molecular weight excluding hydrogens is 562 g/mol. The van der Waals surface area contributed by atoms with Crippen molar-refractivity contribution in [3.63, 3.8) is 0 Å². The summed E-state index contributed by atoms with van der Waals surface area (Å²) in [7, 11) is 0. The Morgan fingerprint density at radius 2 is 1.35 bits per heavy atom. The topological polar surface area (TPSA) is 234 Å². The molecule has 0 spiro atoms. The highest BCUT2D eigenvalue weighted by Crippen LogP contribution is 2.23. The van der Waals surface area contributed by atoms with E-state index in [1.54, 1.807) is 6.92 Å². The Hall–Kier alpha value is -3.75. The molecule has 2 aliphatic rings. The van der Waals surface area contributed by atoms with Gasteiger partial charge in [0.05, 0.1) is 12.5 Å². The molecule has 0 aromatic heterocycles. The van der Waals surface area contributed by atoms with Crippen molar-refractivity contribution in [3.05, 3.63) is 0 Å². The molecule has 2 heterocycles. The Balaban J connectivity index is 2.19. The normalized spacial score (nSPS) is 21.7. The first-order chi connectivity index (χ1) is 20.2. The number of carboxylic acid groups (broad SMARTS) is 1. The maximum atomic E-state index is 13.7. The minimum atomic E-state index is -1.37. The number of nitrogens with zero attached hydrogens (tertiary/aromatic N) is 2. The van der Waals surface area contributed by atoms with Gasteiger partial charge >= 0.3 is 5.97 Å². The van der Waals surface area contributed by atoms with Crippen molar-refractivity contribution >= 4 is 41.4 Å². The second-order valence-corrected chi connectivity index (χ2v) is 11.5. The maximum Gasteiger partial charge on any atom is 0.322 e. The molecule has 242 valence electrons. The van der Waals surface area contributed by atoms with Crippen molar-refractivity contribution in [2.45, 2.75) is 103 Å². The Labute approximate surface area is 251 Å². The van der Waals surface area contributed by atoms with E-state index in [2.05, 4.69) is 16.0 Å². The van der Waals surface area contributed by atoms with Gasteiger partial charge < -0.3 is 42.3 Å². The molecule has 15 nitrogen and oxygen atoms in total. The van der Waals surface area contributed by atoms with Crippen molar-refractivity contribution in [1.29, 1.82) is 0 Å². The molecule has 0 aromatic rings. The van der Waals surface area contributed by atoms with Gasteiger partial charge in [0.1, 0.15) is 30.7 Å². The fourth-order valence-corrected chi connectivity index (χ4v) is 5.39. The van der Waals surface area contributed by atoms with Crippen LogP contribution >= 0.6 is 0 Å². The fraction of sp³-hybridized carbons (Fsp3) is 0.750. The number of hydrogen-bond acceptors (Lipinski definition) is 8. The van der Waals surface area contributed by atoms with Gasteiger partial charge in [-0.1, -0.05) is 40.5 Å². The van der Waals surface area contributed by atoms with Crippen LogP contribution in [0, 0.1) is 11.8 Å². The summed E-state index contributed by atoms with van der Waals surface area (Å²) in [5, 5.41) is 16.4. The van der Waals surface area contributed by atoms with Gasteiger partial charge in [0.2, 0.25) is 35.4 Å². The number of carboxylic acids is 1. The van der Waals surface area contributed by atoms with E-state index in [0.717, 1.165) is 0 Å². The van der Waals surface area contributed by atoms with Gasteiger partial charge in [0.25, 0.3) is 0 Å². The van der Waals surface area contributed by atoms with Crippen molar-refractivity contribution in [2.24, 2.45) is 23.3 Å². The molecule has 7 atom stereocenters. The largest absolute Gasteiger partial charge is 0.480 e. The molecule has 2 aliphatic heterocycles. The third kappa shape index (κ3) is 9.37. The summed E-state index contributed by atoms with van der Waals surface area (Å²) in [5.41, 5.74) is 11.5. The minimum absolute atomic E-state index is 0.0950. The fourth-order valence-electron chi connectivity index (χ4n) is 5.39. The molecule has 0 radical (unpaired) electrons. The summed E-state index contributed by atoms with van der Waals surface area (Å²) < 4.78 is 0. The molecule has 0 unspecified atom stereocenters. The second-order valence-electron chi connectivity index (χ2n) is 11.5. The van der Waals surface area contributed by atoms with Crippen LogP contribution in [0.2, 0.25) is 0 Å². The van der Waals surface area contributed by atoms with E-state index in [1.165, 1.54) is 9.80 Å². The van der Waals surface area contributed by atoms with E-state index < -0.39 is 78.7 Å². The van der Waals surface area contributed by atoms with Crippen LogP contribution in [0.3, 0.4) is 0 Å². The Kier molecular flexibility index (Phi) is 13.3. The number of rotatable bonds is 15. The number of nitrogens with two attached hydrogens (primary N) is 2. The molecule has 0 aromatic carbocycles. The van der Waals surface area contributed by atoms with E-state index >= 15 is 0 Å². The van der Waals surface area contributed by atoms with Gasteiger partial charge in [-0.2, -0.15) is 0 Å². The van der Waals surface area contributed by atoms with Gasteiger partial charge in [-0.25, -0.2) is 0 Å². The zero-order valence-electron chi connectivity index (χ0n) is 25.5. The summed E-state index contributed by atoms with van der Waals surface area (Å²) in [6, 6.07) is -5.05. The Morgan fingerprint density at radius 3 is 1.84 bits per heavy atom. The van der Waals surface area contributed by atoms with E-state index in [0.29, 0.717) is 38.6 Å². The highest BCUT2D eigenvalue weighted by Gasteiger charge is 2.42. The molecule has 15 heteroatoms. The summed E-state index contributed by atoms with van der Waals surface area (Å²) >= 11 is 0. The molecule has 6 amide bonds. The van der Waals surface area contributed by atoms with Gasteiger partial charge in [-0.15, -0.1) is 0 Å². The van der Waals surface area contributed by atoms with Gasteiger partial charge in [0, 0.05) is 13.1 Å². The number of nitrogens with one attached hydrogen (secondary N) is 3. The molecular formula is C28H47N7O8. The standard InChI is InChI=1S/C28H47N7O8/c1-5-15(3)22(30)28(43)35-12-8-9-18(35)24(39)32-17(13-20(29)36)27(42)34-11-7-10-19(34)25(40)33-23(16(4)6-2)26(41)31-14-21(37)38/h15-19,22-23H,5-14,30H2,1-4H3,(H2,29,36)(H,31,41)(H,32,39)(H,33,40)(H,37,38)/t15-,16-,17-,18-,19-,22-,23-/m0/s1.